The molecule has 0 spiro atoms. The van der Waals surface area contributed by atoms with Gasteiger partial charge in [-0.05, 0) is 30.9 Å². The van der Waals surface area contributed by atoms with Crippen LogP contribution in [0, 0.1) is 17.2 Å². The molecule has 1 aliphatic rings. The van der Waals surface area contributed by atoms with Gasteiger partial charge in [0.2, 0.25) is 0 Å². The van der Waals surface area contributed by atoms with Gasteiger partial charge in [-0.2, -0.15) is 10.4 Å². The molecule has 1 atom stereocenters. The van der Waals surface area contributed by atoms with Crippen LogP contribution < -0.4 is 11.1 Å². The lowest BCUT2D eigenvalue weighted by Crippen LogP contribution is -2.12. The van der Waals surface area contributed by atoms with E-state index in [0.29, 0.717) is 23.7 Å². The second-order valence-electron chi connectivity index (χ2n) is 5.37. The highest BCUT2D eigenvalue weighted by Gasteiger charge is 2.33. The molecule has 112 valence electrons. The van der Waals surface area contributed by atoms with E-state index in [-0.39, 0.29) is 6.04 Å². The van der Waals surface area contributed by atoms with Crippen molar-refractivity contribution in [1.82, 2.24) is 14.8 Å². The van der Waals surface area contributed by atoms with Crippen LogP contribution in [0.5, 0.6) is 0 Å². The summed E-state index contributed by atoms with van der Waals surface area (Å²) in [6.45, 7) is 0. The van der Waals surface area contributed by atoms with Gasteiger partial charge in [0.1, 0.15) is 5.56 Å². The van der Waals surface area contributed by atoms with Gasteiger partial charge in [0.15, 0.2) is 5.82 Å². The van der Waals surface area contributed by atoms with E-state index in [0.717, 1.165) is 18.5 Å². The van der Waals surface area contributed by atoms with Crippen molar-refractivity contribution in [1.29, 1.82) is 5.26 Å². The van der Waals surface area contributed by atoms with Crippen molar-refractivity contribution in [2.75, 3.05) is 5.32 Å². The van der Waals surface area contributed by atoms with E-state index in [4.69, 9.17) is 11.0 Å². The molecule has 0 saturated heterocycles. The monoisotopic (exact) mass is 296 g/mol. The van der Waals surface area contributed by atoms with E-state index in [2.05, 4.69) is 21.5 Å². The molecule has 2 aromatic heterocycles. The summed E-state index contributed by atoms with van der Waals surface area (Å²) < 4.78 is 1.69. The zero-order valence-electron chi connectivity index (χ0n) is 11.9. The number of primary amides is 1. The first-order valence-corrected chi connectivity index (χ1v) is 7.12. The number of rotatable bonds is 6. The first-order valence-electron chi connectivity index (χ1n) is 7.12. The second kappa shape index (κ2) is 5.85. The highest BCUT2D eigenvalue weighted by molar-refractivity contribution is 5.98. The average Bonchev–Trinajstić information content (AvgIpc) is 3.26. The number of aromatic nitrogens is 3. The Morgan fingerprint density at radius 1 is 1.59 bits per heavy atom. The van der Waals surface area contributed by atoms with Crippen molar-refractivity contribution in [3.63, 3.8) is 0 Å². The smallest absolute Gasteiger partial charge is 0.254 e. The molecule has 1 aliphatic carbocycles. The maximum absolute atomic E-state index is 11.6. The summed E-state index contributed by atoms with van der Waals surface area (Å²) in [5, 5.41) is 16.5. The van der Waals surface area contributed by atoms with Crippen molar-refractivity contribution in [3.8, 4) is 6.07 Å². The number of carbonyl (C=O) groups excluding carboxylic acids is 1. The fourth-order valence-electron chi connectivity index (χ4n) is 2.46. The number of hydrogen-bond donors (Lipinski definition) is 2. The van der Waals surface area contributed by atoms with Crippen molar-refractivity contribution in [2.45, 2.75) is 25.3 Å². The lowest BCUT2D eigenvalue weighted by molar-refractivity contribution is 0.100. The first-order chi connectivity index (χ1) is 10.7. The third-order valence-corrected chi connectivity index (χ3v) is 3.73. The van der Waals surface area contributed by atoms with E-state index < -0.39 is 5.91 Å². The molecule has 2 aromatic rings. The Labute approximate surface area is 127 Å². The number of anilines is 2. The van der Waals surface area contributed by atoms with E-state index in [9.17, 15) is 4.79 Å². The molecule has 0 radical (unpaired) electrons. The van der Waals surface area contributed by atoms with Crippen LogP contribution in [0.25, 0.3) is 0 Å². The number of nitriles is 1. The highest BCUT2D eigenvalue weighted by atomic mass is 16.1. The second-order valence-corrected chi connectivity index (χ2v) is 5.37. The predicted molar refractivity (Wildman–Crippen MR) is 80.3 cm³/mol. The molecule has 0 aliphatic heterocycles. The standard InChI is InChI=1S/C15H16N6O/c16-6-5-13(10-3-4-10)21-9-12(14(17)22)15(20-21)19-11-2-1-7-18-8-11/h1-2,7-10,13H,3-5H2,(H2,17,22)(H,19,20). The van der Waals surface area contributed by atoms with Crippen molar-refractivity contribution in [2.24, 2.45) is 11.7 Å². The molecular weight excluding hydrogens is 280 g/mol. The van der Waals surface area contributed by atoms with Crippen LogP contribution in [0.1, 0.15) is 35.7 Å². The van der Waals surface area contributed by atoms with Crippen LogP contribution >= 0.6 is 0 Å². The van der Waals surface area contributed by atoms with Gasteiger partial charge in [-0.1, -0.05) is 0 Å². The summed E-state index contributed by atoms with van der Waals surface area (Å²) in [6.07, 6.45) is 7.47. The fraction of sp³-hybridized carbons (Fsp3) is 0.333. The van der Waals surface area contributed by atoms with E-state index >= 15 is 0 Å². The minimum Gasteiger partial charge on any atom is -0.365 e. The first kappa shape index (κ1) is 14.1. The Morgan fingerprint density at radius 2 is 2.41 bits per heavy atom. The minimum absolute atomic E-state index is 0.00690. The van der Waals surface area contributed by atoms with Gasteiger partial charge in [-0.15, -0.1) is 0 Å². The number of carbonyl (C=O) groups is 1. The van der Waals surface area contributed by atoms with Crippen LogP contribution in [0.4, 0.5) is 11.5 Å². The Kier molecular flexibility index (Phi) is 3.74. The Balaban J connectivity index is 1.92. The van der Waals surface area contributed by atoms with Gasteiger partial charge in [0.25, 0.3) is 5.91 Å². The van der Waals surface area contributed by atoms with Gasteiger partial charge >= 0.3 is 0 Å². The highest BCUT2D eigenvalue weighted by Crippen LogP contribution is 2.41. The van der Waals surface area contributed by atoms with Gasteiger partial charge in [0.05, 0.1) is 30.4 Å². The quantitative estimate of drug-likeness (QED) is 0.847. The zero-order chi connectivity index (χ0) is 15.5. The SMILES string of the molecule is N#CCC(C1CC1)n1cc(C(N)=O)c(Nc2cccnc2)n1. The summed E-state index contributed by atoms with van der Waals surface area (Å²) in [7, 11) is 0. The van der Waals surface area contributed by atoms with Gasteiger partial charge < -0.3 is 11.1 Å². The predicted octanol–water partition coefficient (Wildman–Crippen LogP) is 1.99. The van der Waals surface area contributed by atoms with Gasteiger partial charge in [-0.3, -0.25) is 14.5 Å². The maximum Gasteiger partial charge on any atom is 0.254 e. The molecule has 0 bridgehead atoms. The summed E-state index contributed by atoms with van der Waals surface area (Å²) in [5.41, 5.74) is 6.47. The third-order valence-electron chi connectivity index (χ3n) is 3.73. The largest absolute Gasteiger partial charge is 0.365 e. The van der Waals surface area contributed by atoms with Crippen molar-refractivity contribution < 1.29 is 4.79 Å². The number of nitrogens with one attached hydrogen (secondary N) is 1. The zero-order valence-corrected chi connectivity index (χ0v) is 11.9. The van der Waals surface area contributed by atoms with Gasteiger partial charge in [-0.25, -0.2) is 0 Å². The number of pyridine rings is 1. The van der Waals surface area contributed by atoms with Crippen LogP contribution in [-0.2, 0) is 0 Å². The molecule has 1 fully saturated rings. The molecule has 22 heavy (non-hydrogen) atoms. The van der Waals surface area contributed by atoms with Crippen molar-refractivity contribution >= 4 is 17.4 Å². The van der Waals surface area contributed by atoms with E-state index in [1.54, 1.807) is 29.3 Å². The van der Waals surface area contributed by atoms with Crippen LogP contribution in [0.15, 0.2) is 30.7 Å². The molecule has 0 aromatic carbocycles. The Bertz CT molecular complexity index is 713. The number of amides is 1. The topological polar surface area (TPSA) is 110 Å². The lowest BCUT2D eigenvalue weighted by Gasteiger charge is -2.12. The van der Waals surface area contributed by atoms with Gasteiger partial charge in [0, 0.05) is 12.4 Å². The molecule has 1 unspecified atom stereocenters. The fourth-order valence-corrected chi connectivity index (χ4v) is 2.46. The maximum atomic E-state index is 11.6. The molecule has 1 amide bonds. The molecular formula is C15H16N6O. The van der Waals surface area contributed by atoms with Crippen LogP contribution in [0.2, 0.25) is 0 Å². The van der Waals surface area contributed by atoms with Crippen LogP contribution in [0.3, 0.4) is 0 Å². The van der Waals surface area contributed by atoms with Crippen molar-refractivity contribution in [3.05, 3.63) is 36.3 Å². The Hall–Kier alpha value is -2.88. The normalized spacial score (nSPS) is 15.0. The molecule has 1 saturated carbocycles. The lowest BCUT2D eigenvalue weighted by atomic mass is 10.1. The number of nitrogens with zero attached hydrogens (tertiary/aromatic N) is 4. The molecule has 3 rings (SSSR count). The summed E-state index contributed by atoms with van der Waals surface area (Å²) in [6, 6.07) is 5.79. The van der Waals surface area contributed by atoms with E-state index in [1.165, 1.54) is 0 Å². The summed E-state index contributed by atoms with van der Waals surface area (Å²) >= 11 is 0. The minimum atomic E-state index is -0.552. The Morgan fingerprint density at radius 3 is 3.00 bits per heavy atom. The molecule has 7 heteroatoms. The van der Waals surface area contributed by atoms with E-state index in [1.807, 2.05) is 6.07 Å². The van der Waals surface area contributed by atoms with Crippen LogP contribution in [-0.4, -0.2) is 20.7 Å². The molecule has 2 heterocycles. The average molecular weight is 296 g/mol. The summed E-state index contributed by atoms with van der Waals surface area (Å²) in [5.74, 6) is 0.291. The molecule has 7 nitrogen and oxygen atoms in total. The molecule has 3 N–H and O–H groups in total. The number of nitrogens with two attached hydrogens (primary N) is 1. The summed E-state index contributed by atoms with van der Waals surface area (Å²) in [4.78, 5) is 15.6. The third kappa shape index (κ3) is 2.91. The number of hydrogen-bond acceptors (Lipinski definition) is 5.